The molecule has 0 saturated carbocycles. The van der Waals surface area contributed by atoms with Crippen molar-refractivity contribution in [3.05, 3.63) is 21.3 Å². The normalized spacial score (nSPS) is 15.4. The van der Waals surface area contributed by atoms with E-state index in [0.29, 0.717) is 21.1 Å². The summed E-state index contributed by atoms with van der Waals surface area (Å²) in [7, 11) is 0. The number of nitrogens with zero attached hydrogens (tertiary/aromatic N) is 1. The summed E-state index contributed by atoms with van der Waals surface area (Å²) < 4.78 is 5.18. The van der Waals surface area contributed by atoms with E-state index in [1.807, 2.05) is 0 Å². The van der Waals surface area contributed by atoms with Gasteiger partial charge in [0.05, 0.1) is 10.2 Å². The monoisotopic (exact) mass is 363 g/mol. The third-order valence-corrected chi connectivity index (χ3v) is 3.12. The first kappa shape index (κ1) is 14.9. The van der Waals surface area contributed by atoms with Crippen LogP contribution in [0.15, 0.2) is 21.3 Å². The van der Waals surface area contributed by atoms with Crippen molar-refractivity contribution in [1.82, 2.24) is 4.90 Å². The van der Waals surface area contributed by atoms with Crippen LogP contribution < -0.4 is 0 Å². The molecule has 1 aliphatic rings. The average Bonchev–Trinajstić information content (AvgIpc) is 2.50. The molecule has 0 unspecified atom stereocenters. The van der Waals surface area contributed by atoms with Crippen LogP contribution >= 0.6 is 22.6 Å². The van der Waals surface area contributed by atoms with E-state index in [2.05, 4.69) is 6.58 Å². The second-order valence-corrected chi connectivity index (χ2v) is 5.21. The van der Waals surface area contributed by atoms with Gasteiger partial charge in [0.15, 0.2) is 0 Å². The molecule has 0 saturated heterocycles. The van der Waals surface area contributed by atoms with E-state index < -0.39 is 5.97 Å². The summed E-state index contributed by atoms with van der Waals surface area (Å²) in [5.41, 5.74) is 0.968. The lowest BCUT2D eigenvalue weighted by Crippen LogP contribution is -2.33. The summed E-state index contributed by atoms with van der Waals surface area (Å²) in [6.07, 6.45) is 0.424. The van der Waals surface area contributed by atoms with Crippen molar-refractivity contribution in [2.45, 2.75) is 20.3 Å². The van der Waals surface area contributed by atoms with Crippen LogP contribution in [0.3, 0.4) is 0 Å². The van der Waals surface area contributed by atoms with Gasteiger partial charge in [-0.15, -0.1) is 0 Å². The quantitative estimate of drug-likeness (QED) is 0.245. The molecule has 0 aliphatic carbocycles. The number of esters is 1. The third-order valence-electron chi connectivity index (χ3n) is 2.68. The first-order chi connectivity index (χ1) is 8.36. The van der Waals surface area contributed by atoms with Crippen LogP contribution in [0.5, 0.6) is 0 Å². The first-order valence-corrected chi connectivity index (χ1v) is 6.49. The van der Waals surface area contributed by atoms with Crippen molar-refractivity contribution < 1.29 is 19.1 Å². The van der Waals surface area contributed by atoms with E-state index in [1.54, 1.807) is 36.4 Å². The number of imide groups is 1. The molecule has 98 valence electrons. The van der Waals surface area contributed by atoms with Crippen molar-refractivity contribution in [2.24, 2.45) is 0 Å². The maximum atomic E-state index is 11.7. The van der Waals surface area contributed by atoms with Gasteiger partial charge in [-0.25, -0.2) is 4.79 Å². The Bertz CT molecular complexity index is 429. The number of ether oxygens (including phenoxy) is 1. The van der Waals surface area contributed by atoms with Gasteiger partial charge in [-0.2, -0.15) is 0 Å². The topological polar surface area (TPSA) is 63.7 Å². The Labute approximate surface area is 119 Å². The number of amides is 2. The van der Waals surface area contributed by atoms with Gasteiger partial charge in [0.1, 0.15) is 0 Å². The maximum Gasteiger partial charge on any atom is 0.343 e. The fraction of sp³-hybridized carbons (Fsp3) is 0.417. The number of hydrogen-bond donors (Lipinski definition) is 0. The lowest BCUT2D eigenvalue weighted by Gasteiger charge is -2.14. The van der Waals surface area contributed by atoms with Gasteiger partial charge in [0, 0.05) is 17.7 Å². The van der Waals surface area contributed by atoms with E-state index in [0.717, 1.165) is 0 Å². The Morgan fingerprint density at radius 1 is 1.28 bits per heavy atom. The van der Waals surface area contributed by atoms with Crippen LogP contribution in [-0.2, 0) is 19.1 Å². The summed E-state index contributed by atoms with van der Waals surface area (Å²) in [5, 5.41) is 0. The molecule has 0 radical (unpaired) electrons. The Morgan fingerprint density at radius 3 is 2.22 bits per heavy atom. The molecule has 1 heterocycles. The summed E-state index contributed by atoms with van der Waals surface area (Å²) in [6, 6.07) is 0. The highest BCUT2D eigenvalue weighted by molar-refractivity contribution is 14.1. The zero-order valence-corrected chi connectivity index (χ0v) is 12.4. The standard InChI is InChI=1S/C12H14INO4/c1-7-8(2)11(16)14(10(7)15)5-4-6-18-12(17)9(3)13/h3-6H2,1-2H3. The third kappa shape index (κ3) is 3.18. The molecule has 18 heavy (non-hydrogen) atoms. The molecule has 0 N–H and O–H groups in total. The summed E-state index contributed by atoms with van der Waals surface area (Å²) in [6.45, 7) is 7.13. The molecule has 0 aromatic heterocycles. The van der Waals surface area contributed by atoms with Crippen LogP contribution in [0.4, 0.5) is 0 Å². The van der Waals surface area contributed by atoms with Gasteiger partial charge in [-0.05, 0) is 42.9 Å². The number of carbonyl (C=O) groups is 3. The molecule has 0 aromatic rings. The molecular formula is C12H14INO4. The Hall–Kier alpha value is -1.18. The van der Waals surface area contributed by atoms with Crippen LogP contribution in [-0.4, -0.2) is 35.8 Å². The summed E-state index contributed by atoms with van der Waals surface area (Å²) in [4.78, 5) is 35.6. The SMILES string of the molecule is C=C(I)C(=O)OCCCN1C(=O)C(C)=C(C)C1=O. The van der Waals surface area contributed by atoms with Gasteiger partial charge in [-0.3, -0.25) is 14.5 Å². The molecule has 1 aliphatic heterocycles. The second-order valence-electron chi connectivity index (χ2n) is 3.91. The van der Waals surface area contributed by atoms with E-state index in [9.17, 15) is 14.4 Å². The van der Waals surface area contributed by atoms with Crippen molar-refractivity contribution >= 4 is 40.4 Å². The van der Waals surface area contributed by atoms with Crippen molar-refractivity contribution in [1.29, 1.82) is 0 Å². The zero-order chi connectivity index (χ0) is 13.9. The fourth-order valence-electron chi connectivity index (χ4n) is 1.49. The number of rotatable bonds is 5. The van der Waals surface area contributed by atoms with Gasteiger partial charge in [-0.1, -0.05) is 6.58 Å². The lowest BCUT2D eigenvalue weighted by molar-refractivity contribution is -0.139. The van der Waals surface area contributed by atoms with Crippen LogP contribution in [0.2, 0.25) is 0 Å². The summed E-state index contributed by atoms with van der Waals surface area (Å²) in [5.74, 6) is -0.996. The van der Waals surface area contributed by atoms with Crippen molar-refractivity contribution in [2.75, 3.05) is 13.2 Å². The van der Waals surface area contributed by atoms with E-state index in [1.165, 1.54) is 4.90 Å². The Morgan fingerprint density at radius 2 is 1.78 bits per heavy atom. The highest BCUT2D eigenvalue weighted by Gasteiger charge is 2.32. The highest BCUT2D eigenvalue weighted by Crippen LogP contribution is 2.19. The molecular weight excluding hydrogens is 349 g/mol. The lowest BCUT2D eigenvalue weighted by atomic mass is 10.2. The number of halogens is 1. The molecule has 5 nitrogen and oxygen atoms in total. The molecule has 2 amide bonds. The average molecular weight is 363 g/mol. The predicted octanol–water partition coefficient (Wildman–Crippen LogP) is 1.57. The highest BCUT2D eigenvalue weighted by atomic mass is 127. The minimum Gasteiger partial charge on any atom is -0.462 e. The summed E-state index contributed by atoms with van der Waals surface area (Å²) >= 11 is 1.78. The largest absolute Gasteiger partial charge is 0.462 e. The van der Waals surface area contributed by atoms with Gasteiger partial charge >= 0.3 is 5.97 Å². The molecule has 0 bridgehead atoms. The Balaban J connectivity index is 2.39. The number of carbonyl (C=O) groups excluding carboxylic acids is 3. The smallest absolute Gasteiger partial charge is 0.343 e. The zero-order valence-electron chi connectivity index (χ0n) is 10.3. The van der Waals surface area contributed by atoms with Gasteiger partial charge in [0.2, 0.25) is 0 Å². The number of hydrogen-bond acceptors (Lipinski definition) is 4. The van der Waals surface area contributed by atoms with Gasteiger partial charge < -0.3 is 4.74 Å². The maximum absolute atomic E-state index is 11.7. The minimum atomic E-state index is -0.472. The molecule has 0 spiro atoms. The first-order valence-electron chi connectivity index (χ1n) is 5.41. The molecule has 0 aromatic carbocycles. The minimum absolute atomic E-state index is 0.163. The van der Waals surface area contributed by atoms with Crippen molar-refractivity contribution in [3.8, 4) is 0 Å². The van der Waals surface area contributed by atoms with Crippen LogP contribution in [0.25, 0.3) is 0 Å². The predicted molar refractivity (Wildman–Crippen MR) is 73.8 cm³/mol. The van der Waals surface area contributed by atoms with Gasteiger partial charge in [0.25, 0.3) is 11.8 Å². The second kappa shape index (κ2) is 6.12. The molecule has 0 fully saturated rings. The van der Waals surface area contributed by atoms with Crippen molar-refractivity contribution in [3.63, 3.8) is 0 Å². The van der Waals surface area contributed by atoms with E-state index in [-0.39, 0.29) is 25.0 Å². The van der Waals surface area contributed by atoms with Crippen LogP contribution in [0, 0.1) is 0 Å². The molecule has 0 atom stereocenters. The molecule has 1 rings (SSSR count). The molecule has 6 heteroatoms. The Kier molecular flexibility index (Phi) is 5.06. The van der Waals surface area contributed by atoms with E-state index >= 15 is 0 Å². The van der Waals surface area contributed by atoms with Crippen LogP contribution in [0.1, 0.15) is 20.3 Å². The van der Waals surface area contributed by atoms with E-state index in [4.69, 9.17) is 4.74 Å². The fourth-order valence-corrected chi connectivity index (χ4v) is 1.64.